The van der Waals surface area contributed by atoms with Crippen LogP contribution < -0.4 is 9.47 Å². The third kappa shape index (κ3) is 2.88. The van der Waals surface area contributed by atoms with Crippen molar-refractivity contribution in [2.45, 2.75) is 31.2 Å². The van der Waals surface area contributed by atoms with Gasteiger partial charge in [-0.2, -0.15) is 0 Å². The average Bonchev–Trinajstić information content (AvgIpc) is 2.62. The lowest BCUT2D eigenvalue weighted by Gasteiger charge is -2.44. The summed E-state index contributed by atoms with van der Waals surface area (Å²) >= 11 is 0. The Kier molecular flexibility index (Phi) is 3.87. The van der Waals surface area contributed by atoms with Crippen LogP contribution in [0.4, 0.5) is 0 Å². The van der Waals surface area contributed by atoms with Crippen LogP contribution in [0.5, 0.6) is 11.5 Å². The number of para-hydroxylation sites is 2. The molecule has 0 unspecified atom stereocenters. The van der Waals surface area contributed by atoms with Gasteiger partial charge in [0.25, 0.3) is 5.91 Å². The molecule has 0 aromatic heterocycles. The molecule has 1 spiro atoms. The lowest BCUT2D eigenvalue weighted by atomic mass is 10.0. The molecule has 3 aliphatic heterocycles. The fraction of sp³-hybridized carbons (Fsp3) is 0.588. The van der Waals surface area contributed by atoms with Gasteiger partial charge in [-0.3, -0.25) is 4.79 Å². The summed E-state index contributed by atoms with van der Waals surface area (Å²) in [7, 11) is 0. The van der Waals surface area contributed by atoms with Gasteiger partial charge in [-0.05, 0) is 18.6 Å². The maximum Gasteiger partial charge on any atom is 0.267 e. The minimum atomic E-state index is -0.577. The highest BCUT2D eigenvalue weighted by Gasteiger charge is 2.41. The zero-order chi connectivity index (χ0) is 15.7. The summed E-state index contributed by atoms with van der Waals surface area (Å²) in [6.45, 7) is 2.99. The van der Waals surface area contributed by atoms with Crippen LogP contribution in [0.3, 0.4) is 0 Å². The van der Waals surface area contributed by atoms with Crippen molar-refractivity contribution in [1.29, 1.82) is 0 Å². The molecular formula is C17H21NO5. The zero-order valence-electron chi connectivity index (χ0n) is 13.0. The van der Waals surface area contributed by atoms with Crippen LogP contribution in [0, 0.1) is 0 Å². The normalized spacial score (nSPS) is 26.1. The van der Waals surface area contributed by atoms with E-state index in [1.165, 1.54) is 0 Å². The first-order valence-electron chi connectivity index (χ1n) is 8.21. The summed E-state index contributed by atoms with van der Waals surface area (Å²) in [5.41, 5.74) is 0. The van der Waals surface area contributed by atoms with Gasteiger partial charge in [0, 0.05) is 25.9 Å². The van der Waals surface area contributed by atoms with Gasteiger partial charge in [0.15, 0.2) is 17.3 Å². The number of nitrogens with zero attached hydrogens (tertiary/aromatic N) is 1. The second kappa shape index (κ2) is 6.02. The van der Waals surface area contributed by atoms with Crippen molar-refractivity contribution in [3.63, 3.8) is 0 Å². The van der Waals surface area contributed by atoms with Crippen LogP contribution in [0.25, 0.3) is 0 Å². The predicted molar refractivity (Wildman–Crippen MR) is 81.4 cm³/mol. The Morgan fingerprint density at radius 1 is 1.09 bits per heavy atom. The van der Waals surface area contributed by atoms with Gasteiger partial charge in [-0.1, -0.05) is 12.1 Å². The minimum absolute atomic E-state index is 0.0230. The van der Waals surface area contributed by atoms with E-state index in [1.54, 1.807) is 0 Å². The Bertz CT molecular complexity index is 574. The number of carbonyl (C=O) groups excluding carboxylic acids is 1. The van der Waals surface area contributed by atoms with Crippen molar-refractivity contribution in [1.82, 2.24) is 4.90 Å². The topological polar surface area (TPSA) is 57.2 Å². The second-order valence-electron chi connectivity index (χ2n) is 6.15. The van der Waals surface area contributed by atoms with E-state index in [0.717, 1.165) is 19.6 Å². The average molecular weight is 319 g/mol. The van der Waals surface area contributed by atoms with E-state index in [4.69, 9.17) is 18.9 Å². The second-order valence-corrected chi connectivity index (χ2v) is 6.15. The Hall–Kier alpha value is -1.79. The number of rotatable bonds is 1. The molecular weight excluding hydrogens is 298 g/mol. The quantitative estimate of drug-likeness (QED) is 0.787. The largest absolute Gasteiger partial charge is 0.485 e. The molecule has 23 heavy (non-hydrogen) atoms. The van der Waals surface area contributed by atoms with Gasteiger partial charge in [0.1, 0.15) is 6.61 Å². The molecule has 2 fully saturated rings. The summed E-state index contributed by atoms with van der Waals surface area (Å²) in [6.07, 6.45) is 1.79. The monoisotopic (exact) mass is 319 g/mol. The van der Waals surface area contributed by atoms with E-state index in [-0.39, 0.29) is 12.5 Å². The predicted octanol–water partition coefficient (Wildman–Crippen LogP) is 1.58. The van der Waals surface area contributed by atoms with Crippen LogP contribution in [0.15, 0.2) is 24.3 Å². The van der Waals surface area contributed by atoms with Crippen molar-refractivity contribution >= 4 is 5.91 Å². The first kappa shape index (κ1) is 14.8. The molecule has 3 heterocycles. The molecule has 3 aliphatic rings. The first-order chi connectivity index (χ1) is 11.3. The molecule has 0 radical (unpaired) electrons. The lowest BCUT2D eigenvalue weighted by Crippen LogP contribution is -2.55. The molecule has 1 aromatic rings. The SMILES string of the molecule is O=C([C@H]1COc2ccccc2O1)N1CCC2(CC1)OCCCO2. The van der Waals surface area contributed by atoms with E-state index in [0.29, 0.717) is 37.4 Å². The number of fused-ring (bicyclic) bond motifs is 1. The van der Waals surface area contributed by atoms with Gasteiger partial charge in [0.05, 0.1) is 13.2 Å². The van der Waals surface area contributed by atoms with Gasteiger partial charge >= 0.3 is 0 Å². The van der Waals surface area contributed by atoms with Crippen molar-refractivity contribution < 1.29 is 23.7 Å². The first-order valence-corrected chi connectivity index (χ1v) is 8.21. The molecule has 1 atom stereocenters. The Labute approximate surface area is 135 Å². The molecule has 0 saturated carbocycles. The fourth-order valence-electron chi connectivity index (χ4n) is 3.32. The van der Waals surface area contributed by atoms with Crippen molar-refractivity contribution in [2.75, 3.05) is 32.9 Å². The number of amides is 1. The highest BCUT2D eigenvalue weighted by molar-refractivity contribution is 5.82. The van der Waals surface area contributed by atoms with Crippen LogP contribution in [0.2, 0.25) is 0 Å². The number of hydrogen-bond acceptors (Lipinski definition) is 5. The summed E-state index contributed by atoms with van der Waals surface area (Å²) in [5.74, 6) is 0.818. The van der Waals surface area contributed by atoms with Gasteiger partial charge < -0.3 is 23.8 Å². The van der Waals surface area contributed by atoms with E-state index in [1.807, 2.05) is 29.2 Å². The zero-order valence-corrected chi connectivity index (χ0v) is 13.0. The van der Waals surface area contributed by atoms with E-state index in [2.05, 4.69) is 0 Å². The fourth-order valence-corrected chi connectivity index (χ4v) is 3.32. The molecule has 1 aromatic carbocycles. The van der Waals surface area contributed by atoms with Crippen LogP contribution in [-0.4, -0.2) is 55.6 Å². The minimum Gasteiger partial charge on any atom is -0.485 e. The maximum absolute atomic E-state index is 12.7. The van der Waals surface area contributed by atoms with Gasteiger partial charge in [-0.15, -0.1) is 0 Å². The Balaban J connectivity index is 1.37. The molecule has 1 amide bonds. The van der Waals surface area contributed by atoms with Crippen LogP contribution in [-0.2, 0) is 14.3 Å². The summed E-state index contributed by atoms with van der Waals surface area (Å²) in [4.78, 5) is 14.5. The number of hydrogen-bond donors (Lipinski definition) is 0. The van der Waals surface area contributed by atoms with Gasteiger partial charge in [0.2, 0.25) is 6.10 Å². The third-order valence-corrected chi connectivity index (χ3v) is 4.64. The van der Waals surface area contributed by atoms with E-state index >= 15 is 0 Å². The van der Waals surface area contributed by atoms with E-state index in [9.17, 15) is 4.79 Å². The molecule has 2 saturated heterocycles. The Morgan fingerprint density at radius 2 is 1.78 bits per heavy atom. The Morgan fingerprint density at radius 3 is 2.52 bits per heavy atom. The van der Waals surface area contributed by atoms with E-state index < -0.39 is 11.9 Å². The summed E-state index contributed by atoms with van der Waals surface area (Å²) < 4.78 is 23.1. The number of ether oxygens (including phenoxy) is 4. The van der Waals surface area contributed by atoms with Crippen molar-refractivity contribution in [3.05, 3.63) is 24.3 Å². The molecule has 0 bridgehead atoms. The number of benzene rings is 1. The molecule has 0 aliphatic carbocycles. The molecule has 6 heteroatoms. The summed E-state index contributed by atoms with van der Waals surface area (Å²) in [6, 6.07) is 7.43. The van der Waals surface area contributed by atoms with Crippen molar-refractivity contribution in [2.24, 2.45) is 0 Å². The third-order valence-electron chi connectivity index (χ3n) is 4.64. The molecule has 6 nitrogen and oxygen atoms in total. The number of likely N-dealkylation sites (tertiary alicyclic amines) is 1. The van der Waals surface area contributed by atoms with Crippen molar-refractivity contribution in [3.8, 4) is 11.5 Å². The number of piperidine rings is 1. The molecule has 124 valence electrons. The summed E-state index contributed by atoms with van der Waals surface area (Å²) in [5, 5.41) is 0. The molecule has 0 N–H and O–H groups in total. The lowest BCUT2D eigenvalue weighted by molar-refractivity contribution is -0.283. The molecule has 4 rings (SSSR count). The number of carbonyl (C=O) groups is 1. The highest BCUT2D eigenvalue weighted by Crippen LogP contribution is 2.33. The smallest absolute Gasteiger partial charge is 0.267 e. The highest BCUT2D eigenvalue weighted by atomic mass is 16.7. The van der Waals surface area contributed by atoms with Crippen LogP contribution in [0.1, 0.15) is 19.3 Å². The van der Waals surface area contributed by atoms with Crippen LogP contribution >= 0.6 is 0 Å². The maximum atomic E-state index is 12.7. The van der Waals surface area contributed by atoms with Gasteiger partial charge in [-0.25, -0.2) is 0 Å². The standard InChI is InChI=1S/C17H21NO5/c19-16(15-12-20-13-4-1-2-5-14(13)23-15)18-8-6-17(7-9-18)21-10-3-11-22-17/h1-2,4-5,15H,3,6-12H2/t15-/m1/s1.